The second-order valence-corrected chi connectivity index (χ2v) is 6.45. The largest absolute Gasteiger partial charge is 0.394 e. The molecule has 1 unspecified atom stereocenters. The first-order valence-corrected chi connectivity index (χ1v) is 7.60. The Labute approximate surface area is 131 Å². The van der Waals surface area contributed by atoms with E-state index < -0.39 is 67.4 Å². The number of rotatable bonds is 3. The van der Waals surface area contributed by atoms with Gasteiger partial charge in [-0.05, 0) is 12.8 Å². The summed E-state index contributed by atoms with van der Waals surface area (Å²) in [6.07, 6.45) is -10.5. The average Bonchev–Trinajstić information content (AvgIpc) is 2.90. The molecule has 0 amide bonds. The third-order valence-electron chi connectivity index (χ3n) is 4.96. The second kappa shape index (κ2) is 6.15. The predicted octanol–water partition coefficient (Wildman–Crippen LogP) is -4.65. The van der Waals surface area contributed by atoms with Gasteiger partial charge in [-0.25, -0.2) is 0 Å². The smallest absolute Gasteiger partial charge is 0.187 e. The lowest BCUT2D eigenvalue weighted by Gasteiger charge is -2.46. The van der Waals surface area contributed by atoms with Crippen LogP contribution >= 0.6 is 0 Å². The van der Waals surface area contributed by atoms with E-state index in [0.29, 0.717) is 6.42 Å². The van der Waals surface area contributed by atoms with Gasteiger partial charge in [-0.2, -0.15) is 0 Å². The maximum Gasteiger partial charge on any atom is 0.187 e. The van der Waals surface area contributed by atoms with Crippen molar-refractivity contribution in [2.75, 3.05) is 6.61 Å². The van der Waals surface area contributed by atoms with Crippen LogP contribution in [0.5, 0.6) is 0 Å². The van der Waals surface area contributed by atoms with Crippen molar-refractivity contribution in [2.45, 2.75) is 73.6 Å². The summed E-state index contributed by atoms with van der Waals surface area (Å²) in [6.45, 7) is -0.595. The first-order chi connectivity index (χ1) is 10.8. The van der Waals surface area contributed by atoms with Crippen LogP contribution in [0, 0.1) is 0 Å². The Morgan fingerprint density at radius 3 is 2.39 bits per heavy atom. The maximum absolute atomic E-state index is 10.2. The van der Waals surface area contributed by atoms with Gasteiger partial charge >= 0.3 is 0 Å². The van der Waals surface area contributed by atoms with Crippen molar-refractivity contribution >= 4 is 0 Å². The number of hydrogen-bond acceptors (Lipinski definition) is 10. The molecule has 3 aliphatic rings. The van der Waals surface area contributed by atoms with Crippen LogP contribution in [0.3, 0.4) is 0 Å². The Morgan fingerprint density at radius 1 is 1.04 bits per heavy atom. The van der Waals surface area contributed by atoms with E-state index in [9.17, 15) is 30.6 Å². The minimum Gasteiger partial charge on any atom is -0.394 e. The molecule has 8 N–H and O–H groups in total. The first-order valence-electron chi connectivity index (χ1n) is 7.60. The molecule has 10 atom stereocenters. The van der Waals surface area contributed by atoms with E-state index >= 15 is 0 Å². The van der Waals surface area contributed by atoms with E-state index in [0.717, 1.165) is 0 Å². The molecule has 3 aliphatic heterocycles. The maximum atomic E-state index is 10.2. The lowest BCUT2D eigenvalue weighted by molar-refractivity contribution is -0.327. The molecule has 134 valence electrons. The zero-order chi connectivity index (χ0) is 16.9. The highest BCUT2D eigenvalue weighted by Gasteiger charge is 2.57. The van der Waals surface area contributed by atoms with E-state index in [2.05, 4.69) is 5.32 Å². The van der Waals surface area contributed by atoms with Crippen molar-refractivity contribution < 1.29 is 45.2 Å². The Bertz CT molecular complexity index is 438. The standard InChI is InChI=1S/C13H23NO9/c15-3-5-6(16)7(17)8(18)12(22-5)23-10-4-1-2-13(21,14-4)11(20)9(10)19/h4-12,14-21H,1-3H2/t4-,5+,6-,7-,8+,9-,10?,11+,12+,13-/m0/s1. The van der Waals surface area contributed by atoms with Gasteiger partial charge < -0.3 is 45.2 Å². The van der Waals surface area contributed by atoms with Crippen LogP contribution < -0.4 is 5.32 Å². The van der Waals surface area contributed by atoms with E-state index in [1.165, 1.54) is 0 Å². The molecule has 10 heteroatoms. The van der Waals surface area contributed by atoms with Crippen LogP contribution in [0.4, 0.5) is 0 Å². The SMILES string of the molecule is OC[C@H]1O[C@H](OC2[C@@H]3CC[C@@](O)(N3)[C@H](O)[C@H]2O)[C@H](O)[C@@H](O)[C@H]1O. The summed E-state index contributed by atoms with van der Waals surface area (Å²) >= 11 is 0. The molecular weight excluding hydrogens is 314 g/mol. The molecule has 0 aromatic carbocycles. The molecule has 23 heavy (non-hydrogen) atoms. The van der Waals surface area contributed by atoms with Gasteiger partial charge in [0.15, 0.2) is 6.29 Å². The van der Waals surface area contributed by atoms with Crippen LogP contribution in [0.2, 0.25) is 0 Å². The summed E-state index contributed by atoms with van der Waals surface area (Å²) in [7, 11) is 0. The molecule has 0 aromatic rings. The monoisotopic (exact) mass is 337 g/mol. The molecule has 3 saturated heterocycles. The summed E-state index contributed by atoms with van der Waals surface area (Å²) in [5.74, 6) is 0. The fourth-order valence-electron chi connectivity index (χ4n) is 3.53. The molecule has 0 radical (unpaired) electrons. The third-order valence-corrected chi connectivity index (χ3v) is 4.96. The Kier molecular flexibility index (Phi) is 4.66. The molecule has 3 heterocycles. The number of aliphatic hydroxyl groups is 7. The summed E-state index contributed by atoms with van der Waals surface area (Å²) in [4.78, 5) is 0. The zero-order valence-electron chi connectivity index (χ0n) is 12.3. The molecule has 0 aromatic heterocycles. The van der Waals surface area contributed by atoms with Gasteiger partial charge in [-0.3, -0.25) is 5.32 Å². The number of nitrogens with one attached hydrogen (secondary N) is 1. The minimum absolute atomic E-state index is 0.227. The molecular formula is C13H23NO9. The highest BCUT2D eigenvalue weighted by atomic mass is 16.7. The van der Waals surface area contributed by atoms with E-state index in [-0.39, 0.29) is 6.42 Å². The van der Waals surface area contributed by atoms with Gasteiger partial charge in [-0.1, -0.05) is 0 Å². The van der Waals surface area contributed by atoms with Gasteiger partial charge in [0.1, 0.15) is 48.5 Å². The number of ether oxygens (including phenoxy) is 2. The molecule has 2 bridgehead atoms. The molecule has 0 saturated carbocycles. The summed E-state index contributed by atoms with van der Waals surface area (Å²) in [5.41, 5.74) is -1.58. The molecule has 3 fully saturated rings. The fraction of sp³-hybridized carbons (Fsp3) is 1.00. The number of hydrogen-bond donors (Lipinski definition) is 8. The van der Waals surface area contributed by atoms with Crippen LogP contribution in [-0.4, -0.2) is 103 Å². The van der Waals surface area contributed by atoms with Gasteiger partial charge in [0.05, 0.1) is 6.61 Å². The van der Waals surface area contributed by atoms with Crippen LogP contribution in [0.15, 0.2) is 0 Å². The molecule has 0 aliphatic carbocycles. The van der Waals surface area contributed by atoms with Gasteiger partial charge in [0.25, 0.3) is 0 Å². The number of aliphatic hydroxyl groups excluding tert-OH is 6. The Morgan fingerprint density at radius 2 is 1.74 bits per heavy atom. The molecule has 10 nitrogen and oxygen atoms in total. The van der Waals surface area contributed by atoms with Gasteiger partial charge in [-0.15, -0.1) is 0 Å². The summed E-state index contributed by atoms with van der Waals surface area (Å²) in [5, 5.41) is 71.7. The van der Waals surface area contributed by atoms with E-state index in [1.54, 1.807) is 0 Å². The zero-order valence-corrected chi connectivity index (χ0v) is 12.3. The summed E-state index contributed by atoms with van der Waals surface area (Å²) in [6, 6.07) is -0.481. The first kappa shape index (κ1) is 17.4. The second-order valence-electron chi connectivity index (χ2n) is 6.45. The third kappa shape index (κ3) is 2.78. The Hall–Kier alpha value is -0.400. The molecule has 0 spiro atoms. The Balaban J connectivity index is 1.73. The number of fused-ring (bicyclic) bond motifs is 2. The van der Waals surface area contributed by atoms with Crippen molar-refractivity contribution in [3.05, 3.63) is 0 Å². The summed E-state index contributed by atoms with van der Waals surface area (Å²) < 4.78 is 10.7. The van der Waals surface area contributed by atoms with Crippen LogP contribution in [0.1, 0.15) is 12.8 Å². The van der Waals surface area contributed by atoms with Gasteiger partial charge in [0.2, 0.25) is 0 Å². The van der Waals surface area contributed by atoms with Crippen molar-refractivity contribution in [1.82, 2.24) is 5.32 Å². The fourth-order valence-corrected chi connectivity index (χ4v) is 3.53. The predicted molar refractivity (Wildman–Crippen MR) is 71.8 cm³/mol. The average molecular weight is 337 g/mol. The lowest BCUT2D eigenvalue weighted by Crippen LogP contribution is -2.69. The number of piperidine rings is 1. The van der Waals surface area contributed by atoms with Crippen LogP contribution in [0.25, 0.3) is 0 Å². The molecule has 3 rings (SSSR count). The highest BCUT2D eigenvalue weighted by molar-refractivity contribution is 5.08. The van der Waals surface area contributed by atoms with Crippen molar-refractivity contribution in [1.29, 1.82) is 0 Å². The van der Waals surface area contributed by atoms with E-state index in [1.807, 2.05) is 0 Å². The van der Waals surface area contributed by atoms with Crippen molar-refractivity contribution in [3.8, 4) is 0 Å². The van der Waals surface area contributed by atoms with Crippen molar-refractivity contribution in [2.24, 2.45) is 0 Å². The van der Waals surface area contributed by atoms with Gasteiger partial charge in [0, 0.05) is 6.04 Å². The quantitative estimate of drug-likeness (QED) is 0.250. The topological polar surface area (TPSA) is 172 Å². The lowest BCUT2D eigenvalue weighted by atomic mass is 9.93. The van der Waals surface area contributed by atoms with E-state index in [4.69, 9.17) is 14.6 Å². The minimum atomic E-state index is -1.60. The normalized spacial score (nSPS) is 56.7. The highest BCUT2D eigenvalue weighted by Crippen LogP contribution is 2.37. The van der Waals surface area contributed by atoms with Crippen LogP contribution in [-0.2, 0) is 9.47 Å². The van der Waals surface area contributed by atoms with Crippen molar-refractivity contribution in [3.63, 3.8) is 0 Å².